The van der Waals surface area contributed by atoms with Crippen LogP contribution in [0.1, 0.15) is 10.4 Å². The van der Waals surface area contributed by atoms with Crippen LogP contribution in [0.4, 0.5) is 11.6 Å². The maximum atomic E-state index is 12.4. The zero-order valence-corrected chi connectivity index (χ0v) is 17.9. The van der Waals surface area contributed by atoms with Crippen molar-refractivity contribution in [1.82, 2.24) is 15.3 Å². The van der Waals surface area contributed by atoms with Gasteiger partial charge < -0.3 is 5.32 Å². The van der Waals surface area contributed by atoms with Crippen LogP contribution in [-0.2, 0) is 10.0 Å². The molecule has 0 spiro atoms. The molecular formula is C18H14BrN5O3S2. The Labute approximate surface area is 181 Å². The molecule has 29 heavy (non-hydrogen) atoms. The highest BCUT2D eigenvalue weighted by Crippen LogP contribution is 2.17. The maximum Gasteiger partial charge on any atom is 0.264 e. The van der Waals surface area contributed by atoms with Crippen molar-refractivity contribution in [3.8, 4) is 0 Å². The average Bonchev–Trinajstić information content (AvgIpc) is 2.69. The number of hydrogen-bond acceptors (Lipinski definition) is 6. The monoisotopic (exact) mass is 491 g/mol. The molecule has 148 valence electrons. The summed E-state index contributed by atoms with van der Waals surface area (Å²) >= 11 is 8.45. The van der Waals surface area contributed by atoms with E-state index in [4.69, 9.17) is 12.2 Å². The van der Waals surface area contributed by atoms with Crippen LogP contribution in [0.2, 0.25) is 0 Å². The molecule has 0 saturated carbocycles. The van der Waals surface area contributed by atoms with Crippen LogP contribution in [0.3, 0.4) is 0 Å². The molecule has 0 aliphatic heterocycles. The SMILES string of the molecule is O=C(NC(=S)Nc1ccc(S(=O)(=O)Nc2ncccn2)cc1)c1ccccc1Br. The quantitative estimate of drug-likeness (QED) is 0.469. The highest BCUT2D eigenvalue weighted by atomic mass is 79.9. The number of hydrogen-bond donors (Lipinski definition) is 3. The smallest absolute Gasteiger partial charge is 0.264 e. The number of rotatable bonds is 5. The van der Waals surface area contributed by atoms with Gasteiger partial charge in [0.15, 0.2) is 5.11 Å². The van der Waals surface area contributed by atoms with Gasteiger partial charge in [-0.3, -0.25) is 10.1 Å². The van der Waals surface area contributed by atoms with E-state index in [9.17, 15) is 13.2 Å². The van der Waals surface area contributed by atoms with Crippen LogP contribution in [0.25, 0.3) is 0 Å². The van der Waals surface area contributed by atoms with Crippen molar-refractivity contribution < 1.29 is 13.2 Å². The van der Waals surface area contributed by atoms with Crippen LogP contribution >= 0.6 is 28.1 Å². The van der Waals surface area contributed by atoms with Gasteiger partial charge in [-0.05, 0) is 70.6 Å². The molecule has 0 radical (unpaired) electrons. The minimum absolute atomic E-state index is 0.0225. The van der Waals surface area contributed by atoms with Gasteiger partial charge in [0, 0.05) is 22.6 Å². The number of nitrogens with zero attached hydrogens (tertiary/aromatic N) is 2. The zero-order valence-electron chi connectivity index (χ0n) is 14.7. The van der Waals surface area contributed by atoms with Crippen molar-refractivity contribution in [3.05, 3.63) is 77.0 Å². The number of carbonyl (C=O) groups excluding carboxylic acids is 1. The molecule has 1 amide bonds. The number of sulfonamides is 1. The Hall–Kier alpha value is -2.89. The molecule has 3 rings (SSSR count). The van der Waals surface area contributed by atoms with Gasteiger partial charge >= 0.3 is 0 Å². The summed E-state index contributed by atoms with van der Waals surface area (Å²) in [5, 5.41) is 5.48. The number of amides is 1. The molecule has 3 aromatic rings. The first-order valence-electron chi connectivity index (χ1n) is 8.12. The third kappa shape index (κ3) is 5.56. The van der Waals surface area contributed by atoms with E-state index in [1.54, 1.807) is 30.3 Å². The summed E-state index contributed by atoms with van der Waals surface area (Å²) in [7, 11) is -3.83. The molecule has 0 unspecified atom stereocenters. The van der Waals surface area contributed by atoms with Gasteiger partial charge in [0.25, 0.3) is 15.9 Å². The minimum Gasteiger partial charge on any atom is -0.332 e. The average molecular weight is 492 g/mol. The Balaban J connectivity index is 1.63. The van der Waals surface area contributed by atoms with Gasteiger partial charge in [-0.25, -0.2) is 23.1 Å². The van der Waals surface area contributed by atoms with Gasteiger partial charge in [0.05, 0.1) is 10.5 Å². The van der Waals surface area contributed by atoms with Crippen molar-refractivity contribution in [3.63, 3.8) is 0 Å². The van der Waals surface area contributed by atoms with Crippen LogP contribution in [-0.4, -0.2) is 29.4 Å². The second-order valence-corrected chi connectivity index (χ2v) is 8.54. The summed E-state index contributed by atoms with van der Waals surface area (Å²) in [5.41, 5.74) is 0.949. The van der Waals surface area contributed by atoms with Gasteiger partial charge in [-0.2, -0.15) is 0 Å². The summed E-state index contributed by atoms with van der Waals surface area (Å²) in [6.45, 7) is 0. The topological polar surface area (TPSA) is 113 Å². The fourth-order valence-electron chi connectivity index (χ4n) is 2.23. The molecular weight excluding hydrogens is 478 g/mol. The van der Waals surface area contributed by atoms with E-state index in [0.29, 0.717) is 15.7 Å². The molecule has 3 N–H and O–H groups in total. The van der Waals surface area contributed by atoms with Crippen LogP contribution in [0.5, 0.6) is 0 Å². The van der Waals surface area contributed by atoms with Crippen molar-refractivity contribution in [2.45, 2.75) is 4.90 Å². The maximum absolute atomic E-state index is 12.4. The summed E-state index contributed by atoms with van der Waals surface area (Å²) in [6, 6.07) is 14.4. The first kappa shape index (κ1) is 20.8. The van der Waals surface area contributed by atoms with Crippen LogP contribution in [0.15, 0.2) is 76.4 Å². The minimum atomic E-state index is -3.83. The normalized spacial score (nSPS) is 10.8. The molecule has 0 fully saturated rings. The fraction of sp³-hybridized carbons (Fsp3) is 0. The van der Waals surface area contributed by atoms with Crippen LogP contribution in [0, 0.1) is 0 Å². The number of anilines is 2. The number of aromatic nitrogens is 2. The van der Waals surface area contributed by atoms with E-state index in [-0.39, 0.29) is 21.9 Å². The molecule has 1 heterocycles. The lowest BCUT2D eigenvalue weighted by molar-refractivity contribution is 0.0977. The van der Waals surface area contributed by atoms with Gasteiger partial charge in [-0.1, -0.05) is 12.1 Å². The summed E-state index contributed by atoms with van der Waals surface area (Å²) in [4.78, 5) is 19.9. The molecule has 11 heteroatoms. The third-order valence-corrected chi connectivity index (χ3v) is 5.80. The number of carbonyl (C=O) groups is 1. The lowest BCUT2D eigenvalue weighted by atomic mass is 10.2. The number of benzene rings is 2. The highest BCUT2D eigenvalue weighted by molar-refractivity contribution is 9.10. The molecule has 8 nitrogen and oxygen atoms in total. The van der Waals surface area contributed by atoms with Gasteiger partial charge in [0.2, 0.25) is 5.95 Å². The third-order valence-electron chi connectivity index (χ3n) is 3.56. The van der Waals surface area contributed by atoms with Crippen molar-refractivity contribution in [2.75, 3.05) is 10.0 Å². The number of halogens is 1. The van der Waals surface area contributed by atoms with Gasteiger partial charge in [0.1, 0.15) is 0 Å². The lowest BCUT2D eigenvalue weighted by Crippen LogP contribution is -2.34. The Morgan fingerprint density at radius 1 is 0.966 bits per heavy atom. The van der Waals surface area contributed by atoms with E-state index in [2.05, 4.69) is 41.3 Å². The number of thiocarbonyl (C=S) groups is 1. The fourth-order valence-corrected chi connectivity index (χ4v) is 3.86. The van der Waals surface area contributed by atoms with E-state index >= 15 is 0 Å². The highest BCUT2D eigenvalue weighted by Gasteiger charge is 2.16. The molecule has 0 bridgehead atoms. The van der Waals surface area contributed by atoms with Gasteiger partial charge in [-0.15, -0.1) is 0 Å². The Bertz CT molecular complexity index is 1140. The second kappa shape index (κ2) is 9.07. The van der Waals surface area contributed by atoms with Crippen molar-refractivity contribution in [1.29, 1.82) is 0 Å². The first-order valence-corrected chi connectivity index (χ1v) is 10.8. The van der Waals surface area contributed by atoms with Crippen molar-refractivity contribution >= 4 is 60.8 Å². The number of nitrogens with one attached hydrogen (secondary N) is 3. The van der Waals surface area contributed by atoms with Crippen LogP contribution < -0.4 is 15.4 Å². The Morgan fingerprint density at radius 3 is 2.28 bits per heavy atom. The largest absolute Gasteiger partial charge is 0.332 e. The Morgan fingerprint density at radius 2 is 1.62 bits per heavy atom. The predicted octanol–water partition coefficient (Wildman–Crippen LogP) is 3.17. The van der Waals surface area contributed by atoms with Crippen molar-refractivity contribution in [2.24, 2.45) is 0 Å². The molecule has 2 aromatic carbocycles. The molecule has 0 aliphatic rings. The van der Waals surface area contributed by atoms with E-state index in [1.807, 2.05) is 0 Å². The van der Waals surface area contributed by atoms with E-state index in [1.165, 1.54) is 36.7 Å². The standard InChI is InChI=1S/C18H14BrN5O3S2/c19-15-5-2-1-4-14(15)16(25)23-18(28)22-12-6-8-13(9-7-12)29(26,27)24-17-20-10-3-11-21-17/h1-11H,(H,20,21,24)(H2,22,23,25,28). The molecule has 1 aromatic heterocycles. The van der Waals surface area contributed by atoms with E-state index < -0.39 is 10.0 Å². The second-order valence-electron chi connectivity index (χ2n) is 5.59. The summed E-state index contributed by atoms with van der Waals surface area (Å²) < 4.78 is 27.7. The first-order chi connectivity index (χ1) is 13.8. The summed E-state index contributed by atoms with van der Waals surface area (Å²) in [6.07, 6.45) is 2.86. The molecule has 0 saturated heterocycles. The Kier molecular flexibility index (Phi) is 6.52. The molecule has 0 atom stereocenters. The predicted molar refractivity (Wildman–Crippen MR) is 117 cm³/mol. The lowest BCUT2D eigenvalue weighted by Gasteiger charge is -2.11. The van der Waals surface area contributed by atoms with E-state index in [0.717, 1.165) is 0 Å². The zero-order chi connectivity index (χ0) is 20.9. The molecule has 0 aliphatic carbocycles. The summed E-state index contributed by atoms with van der Waals surface area (Å²) in [5.74, 6) is -0.396.